The minimum absolute atomic E-state index is 0.160. The van der Waals surface area contributed by atoms with Gasteiger partial charge in [0.15, 0.2) is 0 Å². The number of aliphatic carboxylic acids is 1. The van der Waals surface area contributed by atoms with E-state index in [2.05, 4.69) is 12.7 Å². The molecule has 14 heavy (non-hydrogen) atoms. The fraction of sp³-hybridized carbons (Fsp3) is 0.583. The van der Waals surface area contributed by atoms with Gasteiger partial charge in [-0.2, -0.15) is 0 Å². The number of hydrogen-bond acceptors (Lipinski definition) is 1. The summed E-state index contributed by atoms with van der Waals surface area (Å²) in [6.45, 7) is 9.73. The van der Waals surface area contributed by atoms with Crippen molar-refractivity contribution in [2.75, 3.05) is 0 Å². The summed E-state index contributed by atoms with van der Waals surface area (Å²) >= 11 is 0. The largest absolute Gasteiger partial charge is 0.481 e. The Hall–Kier alpha value is -1.05. The molecule has 0 fully saturated rings. The summed E-state index contributed by atoms with van der Waals surface area (Å²) in [4.78, 5) is 10.6. The maximum atomic E-state index is 10.6. The van der Waals surface area contributed by atoms with Gasteiger partial charge in [-0.3, -0.25) is 4.79 Å². The van der Waals surface area contributed by atoms with Gasteiger partial charge < -0.3 is 5.11 Å². The molecule has 1 unspecified atom stereocenters. The predicted octanol–water partition coefficient (Wildman–Crippen LogP) is 3.40. The third-order valence-electron chi connectivity index (χ3n) is 2.32. The topological polar surface area (TPSA) is 37.3 Å². The van der Waals surface area contributed by atoms with Gasteiger partial charge in [-0.1, -0.05) is 24.6 Å². The first kappa shape index (κ1) is 12.9. The maximum Gasteiger partial charge on any atom is 0.304 e. The van der Waals surface area contributed by atoms with Gasteiger partial charge in [-0.25, -0.2) is 0 Å². The molecule has 0 saturated heterocycles. The molecule has 0 rings (SSSR count). The molecule has 0 aliphatic heterocycles. The lowest BCUT2D eigenvalue weighted by Gasteiger charge is -2.22. The highest BCUT2D eigenvalue weighted by atomic mass is 16.4. The lowest BCUT2D eigenvalue weighted by Crippen LogP contribution is -2.17. The van der Waals surface area contributed by atoms with Crippen molar-refractivity contribution in [2.24, 2.45) is 5.41 Å². The molecule has 0 heterocycles. The van der Waals surface area contributed by atoms with Gasteiger partial charge in [0.05, 0.1) is 6.42 Å². The number of allylic oxidation sites excluding steroid dienone is 3. The first-order valence-electron chi connectivity index (χ1n) is 4.88. The summed E-state index contributed by atoms with van der Waals surface area (Å²) in [6.07, 6.45) is 5.79. The van der Waals surface area contributed by atoms with Crippen LogP contribution < -0.4 is 0 Å². The normalized spacial score (nSPS) is 14.2. The number of carbonyl (C=O) groups is 1. The lowest BCUT2D eigenvalue weighted by molar-refractivity contribution is -0.138. The second-order valence-electron chi connectivity index (χ2n) is 4.25. The third kappa shape index (κ3) is 5.57. The van der Waals surface area contributed by atoms with Crippen LogP contribution in [0.4, 0.5) is 0 Å². The first-order valence-corrected chi connectivity index (χ1v) is 4.88. The highest BCUT2D eigenvalue weighted by Crippen LogP contribution is 2.29. The van der Waals surface area contributed by atoms with E-state index in [9.17, 15) is 4.79 Å². The lowest BCUT2D eigenvalue weighted by atomic mass is 9.82. The molecule has 2 nitrogen and oxygen atoms in total. The van der Waals surface area contributed by atoms with Crippen LogP contribution in [0.5, 0.6) is 0 Å². The van der Waals surface area contributed by atoms with Gasteiger partial charge in [0, 0.05) is 0 Å². The molecule has 0 aliphatic carbocycles. The van der Waals surface area contributed by atoms with Crippen molar-refractivity contribution in [3.8, 4) is 0 Å². The molecule has 0 saturated carbocycles. The fourth-order valence-electron chi connectivity index (χ4n) is 1.30. The fourth-order valence-corrected chi connectivity index (χ4v) is 1.30. The molecule has 1 N–H and O–H groups in total. The molecule has 0 spiro atoms. The van der Waals surface area contributed by atoms with Gasteiger partial charge >= 0.3 is 5.97 Å². The van der Waals surface area contributed by atoms with Gasteiger partial charge in [-0.05, 0) is 32.1 Å². The average molecular weight is 196 g/mol. The van der Waals surface area contributed by atoms with E-state index >= 15 is 0 Å². The molecule has 0 aliphatic rings. The van der Waals surface area contributed by atoms with E-state index in [4.69, 9.17) is 5.11 Å². The van der Waals surface area contributed by atoms with Crippen LogP contribution in [0.25, 0.3) is 0 Å². The summed E-state index contributed by atoms with van der Waals surface area (Å²) in [7, 11) is 0. The highest BCUT2D eigenvalue weighted by Gasteiger charge is 2.22. The van der Waals surface area contributed by atoms with Crippen LogP contribution in [0.3, 0.4) is 0 Å². The predicted molar refractivity (Wildman–Crippen MR) is 59.2 cm³/mol. The standard InChI is InChI=1S/C12H20O2/c1-5-12(4,9-11(13)14)8-6-7-10(2)3/h5,7H,1,6,8-9H2,2-4H3,(H,13,14). The van der Waals surface area contributed by atoms with Crippen LogP contribution in [-0.4, -0.2) is 11.1 Å². The third-order valence-corrected chi connectivity index (χ3v) is 2.32. The molecular weight excluding hydrogens is 176 g/mol. The van der Waals surface area contributed by atoms with Gasteiger partial charge in [-0.15, -0.1) is 6.58 Å². The Kier molecular flexibility index (Phi) is 5.21. The molecule has 0 amide bonds. The van der Waals surface area contributed by atoms with Crippen LogP contribution >= 0.6 is 0 Å². The summed E-state index contributed by atoms with van der Waals surface area (Å²) < 4.78 is 0. The monoisotopic (exact) mass is 196 g/mol. The molecule has 0 aromatic carbocycles. The zero-order valence-electron chi connectivity index (χ0n) is 9.34. The van der Waals surface area contributed by atoms with Crippen LogP contribution in [0.2, 0.25) is 0 Å². The summed E-state index contributed by atoms with van der Waals surface area (Å²) in [5, 5.41) is 8.73. The summed E-state index contributed by atoms with van der Waals surface area (Å²) in [5.74, 6) is -0.760. The maximum absolute atomic E-state index is 10.6. The Bertz CT molecular complexity index is 237. The van der Waals surface area contributed by atoms with Crippen LogP contribution in [0.1, 0.15) is 40.0 Å². The van der Waals surface area contributed by atoms with Gasteiger partial charge in [0.1, 0.15) is 0 Å². The number of carboxylic acid groups (broad SMARTS) is 1. The highest BCUT2D eigenvalue weighted by molar-refractivity contribution is 5.68. The number of hydrogen-bond donors (Lipinski definition) is 1. The smallest absolute Gasteiger partial charge is 0.304 e. The minimum atomic E-state index is -0.760. The Morgan fingerprint density at radius 3 is 2.43 bits per heavy atom. The van der Waals surface area contributed by atoms with Crippen LogP contribution in [0.15, 0.2) is 24.3 Å². The van der Waals surface area contributed by atoms with Crippen molar-refractivity contribution in [3.05, 3.63) is 24.3 Å². The number of carboxylic acids is 1. The quantitative estimate of drug-likeness (QED) is 0.661. The zero-order valence-corrected chi connectivity index (χ0v) is 9.34. The number of rotatable bonds is 6. The van der Waals surface area contributed by atoms with Crippen molar-refractivity contribution in [1.82, 2.24) is 0 Å². The Labute approximate surface area is 86.3 Å². The average Bonchev–Trinajstić information content (AvgIpc) is 2.02. The van der Waals surface area contributed by atoms with Crippen LogP contribution in [-0.2, 0) is 4.79 Å². The second-order valence-corrected chi connectivity index (χ2v) is 4.25. The van der Waals surface area contributed by atoms with E-state index in [1.807, 2.05) is 20.8 Å². The van der Waals surface area contributed by atoms with Crippen molar-refractivity contribution >= 4 is 5.97 Å². The molecule has 0 bridgehead atoms. The van der Waals surface area contributed by atoms with E-state index < -0.39 is 5.97 Å². The molecule has 2 heteroatoms. The van der Waals surface area contributed by atoms with Crippen molar-refractivity contribution in [1.29, 1.82) is 0 Å². The van der Waals surface area contributed by atoms with Crippen molar-refractivity contribution in [3.63, 3.8) is 0 Å². The van der Waals surface area contributed by atoms with E-state index in [1.165, 1.54) is 5.57 Å². The molecule has 1 atom stereocenters. The van der Waals surface area contributed by atoms with Crippen molar-refractivity contribution < 1.29 is 9.90 Å². The minimum Gasteiger partial charge on any atom is -0.481 e. The summed E-state index contributed by atoms with van der Waals surface area (Å²) in [6, 6.07) is 0. The van der Waals surface area contributed by atoms with Crippen LogP contribution in [0, 0.1) is 5.41 Å². The van der Waals surface area contributed by atoms with E-state index in [0.29, 0.717) is 0 Å². The summed E-state index contributed by atoms with van der Waals surface area (Å²) in [5.41, 5.74) is 0.990. The van der Waals surface area contributed by atoms with Gasteiger partial charge in [0.2, 0.25) is 0 Å². The van der Waals surface area contributed by atoms with E-state index in [0.717, 1.165) is 12.8 Å². The van der Waals surface area contributed by atoms with E-state index in [1.54, 1.807) is 6.08 Å². The molecule has 0 radical (unpaired) electrons. The molecule has 0 aromatic rings. The Morgan fingerprint density at radius 1 is 1.50 bits per heavy atom. The SMILES string of the molecule is C=CC(C)(CCC=C(C)C)CC(=O)O. The van der Waals surface area contributed by atoms with Gasteiger partial charge in [0.25, 0.3) is 0 Å². The van der Waals surface area contributed by atoms with Crippen molar-refractivity contribution in [2.45, 2.75) is 40.0 Å². The first-order chi connectivity index (χ1) is 6.39. The molecular formula is C12H20O2. The Morgan fingerprint density at radius 2 is 2.07 bits per heavy atom. The van der Waals surface area contributed by atoms with E-state index in [-0.39, 0.29) is 11.8 Å². The second kappa shape index (κ2) is 5.63. The molecule has 80 valence electrons. The molecule has 0 aromatic heterocycles. The Balaban J connectivity index is 4.19. The zero-order chi connectivity index (χ0) is 11.2.